The second-order valence-electron chi connectivity index (χ2n) is 6.65. The van der Waals surface area contributed by atoms with Crippen LogP contribution in [0.5, 0.6) is 23.0 Å². The Morgan fingerprint density at radius 3 is 2.29 bits per heavy atom. The summed E-state index contributed by atoms with van der Waals surface area (Å²) in [5, 5.41) is 2.86. The third-order valence-electron chi connectivity index (χ3n) is 4.55. The predicted octanol–water partition coefficient (Wildman–Crippen LogP) is 4.25. The average molecular weight is 425 g/mol. The van der Waals surface area contributed by atoms with Gasteiger partial charge in [-0.25, -0.2) is 0 Å². The van der Waals surface area contributed by atoms with Crippen molar-refractivity contribution in [1.82, 2.24) is 5.32 Å². The summed E-state index contributed by atoms with van der Waals surface area (Å²) < 4.78 is 27.2. The van der Waals surface area contributed by atoms with Crippen LogP contribution in [0.2, 0.25) is 0 Å². The number of hydrogen-bond donors (Lipinski definition) is 1. The molecule has 0 spiro atoms. The van der Waals surface area contributed by atoms with Crippen LogP contribution in [0.15, 0.2) is 59.0 Å². The van der Waals surface area contributed by atoms with Crippen molar-refractivity contribution in [2.24, 2.45) is 0 Å². The van der Waals surface area contributed by atoms with Gasteiger partial charge in [-0.1, -0.05) is 6.07 Å². The van der Waals surface area contributed by atoms with Crippen LogP contribution < -0.4 is 24.3 Å². The average Bonchev–Trinajstić information content (AvgIpc) is 3.28. The number of carbonyl (C=O) groups is 1. The molecule has 3 aromatic rings. The number of benzene rings is 2. The first-order chi connectivity index (χ1) is 15.1. The van der Waals surface area contributed by atoms with E-state index >= 15 is 0 Å². The SMILES string of the molecule is CCOc1ccc(OCc2ccc(C(=O)NCCc3ccc(OC)c(OC)c3)o2)cc1. The number of hydrogen-bond acceptors (Lipinski definition) is 6. The predicted molar refractivity (Wildman–Crippen MR) is 116 cm³/mol. The molecule has 0 aliphatic rings. The zero-order valence-corrected chi connectivity index (χ0v) is 18.0. The fourth-order valence-corrected chi connectivity index (χ4v) is 2.97. The lowest BCUT2D eigenvalue weighted by Crippen LogP contribution is -2.25. The number of carbonyl (C=O) groups excluding carboxylic acids is 1. The van der Waals surface area contributed by atoms with Crippen molar-refractivity contribution in [3.8, 4) is 23.0 Å². The summed E-state index contributed by atoms with van der Waals surface area (Å²) in [6, 6.07) is 16.4. The molecular formula is C24H27NO6. The van der Waals surface area contributed by atoms with Crippen molar-refractivity contribution in [3.05, 3.63) is 71.7 Å². The lowest BCUT2D eigenvalue weighted by molar-refractivity contribution is 0.0922. The fraction of sp³-hybridized carbons (Fsp3) is 0.292. The van der Waals surface area contributed by atoms with Gasteiger partial charge in [0, 0.05) is 6.54 Å². The van der Waals surface area contributed by atoms with E-state index in [4.69, 9.17) is 23.4 Å². The molecule has 7 heteroatoms. The Morgan fingerprint density at radius 1 is 0.903 bits per heavy atom. The highest BCUT2D eigenvalue weighted by Gasteiger charge is 2.12. The standard InChI is InChI=1S/C24H27NO6/c1-4-29-18-6-8-19(9-7-18)30-16-20-10-12-22(31-20)24(26)25-14-13-17-5-11-21(27-2)23(15-17)28-3/h5-12,15H,4,13-14,16H2,1-3H3,(H,25,26). The highest BCUT2D eigenvalue weighted by molar-refractivity contribution is 5.91. The quantitative estimate of drug-likeness (QED) is 0.495. The fourth-order valence-electron chi connectivity index (χ4n) is 2.97. The van der Waals surface area contributed by atoms with Crippen molar-refractivity contribution in [1.29, 1.82) is 0 Å². The van der Waals surface area contributed by atoms with Crippen LogP contribution in [0.3, 0.4) is 0 Å². The summed E-state index contributed by atoms with van der Waals surface area (Å²) in [6.07, 6.45) is 0.653. The van der Waals surface area contributed by atoms with E-state index in [1.165, 1.54) is 0 Å². The summed E-state index contributed by atoms with van der Waals surface area (Å²) in [5.41, 5.74) is 1.03. The van der Waals surface area contributed by atoms with Crippen LogP contribution in [0.1, 0.15) is 28.8 Å². The summed E-state index contributed by atoms with van der Waals surface area (Å²) in [6.45, 7) is 3.25. The Balaban J connectivity index is 1.46. The lowest BCUT2D eigenvalue weighted by Gasteiger charge is -2.10. The molecule has 0 radical (unpaired) electrons. The maximum atomic E-state index is 12.3. The lowest BCUT2D eigenvalue weighted by atomic mass is 10.1. The molecule has 1 N–H and O–H groups in total. The Labute approximate surface area is 181 Å². The van der Waals surface area contributed by atoms with Gasteiger partial charge in [-0.3, -0.25) is 4.79 Å². The van der Waals surface area contributed by atoms with E-state index in [-0.39, 0.29) is 18.3 Å². The molecule has 31 heavy (non-hydrogen) atoms. The van der Waals surface area contributed by atoms with E-state index in [9.17, 15) is 4.79 Å². The molecule has 1 aromatic heterocycles. The van der Waals surface area contributed by atoms with Gasteiger partial charge in [-0.2, -0.15) is 0 Å². The van der Waals surface area contributed by atoms with Gasteiger partial charge < -0.3 is 28.7 Å². The highest BCUT2D eigenvalue weighted by atomic mass is 16.5. The van der Waals surface area contributed by atoms with Crippen molar-refractivity contribution in [2.75, 3.05) is 27.4 Å². The van der Waals surface area contributed by atoms with Crippen molar-refractivity contribution >= 4 is 5.91 Å². The molecule has 2 aromatic carbocycles. The maximum absolute atomic E-state index is 12.3. The number of nitrogens with one attached hydrogen (secondary N) is 1. The van der Waals surface area contributed by atoms with E-state index < -0.39 is 0 Å². The molecule has 3 rings (SSSR count). The minimum absolute atomic E-state index is 0.229. The van der Waals surface area contributed by atoms with Gasteiger partial charge in [-0.15, -0.1) is 0 Å². The highest BCUT2D eigenvalue weighted by Crippen LogP contribution is 2.27. The minimum Gasteiger partial charge on any atom is -0.494 e. The minimum atomic E-state index is -0.271. The number of rotatable bonds is 11. The van der Waals surface area contributed by atoms with Gasteiger partial charge >= 0.3 is 0 Å². The van der Waals surface area contributed by atoms with Crippen molar-refractivity contribution < 1.29 is 28.2 Å². The van der Waals surface area contributed by atoms with Crippen LogP contribution >= 0.6 is 0 Å². The van der Waals surface area contributed by atoms with Crippen LogP contribution in [0.4, 0.5) is 0 Å². The summed E-state index contributed by atoms with van der Waals surface area (Å²) in [4.78, 5) is 12.3. The van der Waals surface area contributed by atoms with Gasteiger partial charge in [0.25, 0.3) is 5.91 Å². The molecule has 1 heterocycles. The third-order valence-corrected chi connectivity index (χ3v) is 4.55. The van der Waals surface area contributed by atoms with E-state index in [1.807, 2.05) is 49.4 Å². The normalized spacial score (nSPS) is 10.4. The van der Waals surface area contributed by atoms with Crippen molar-refractivity contribution in [3.63, 3.8) is 0 Å². The monoisotopic (exact) mass is 425 g/mol. The number of furan rings is 1. The Morgan fingerprint density at radius 2 is 1.61 bits per heavy atom. The molecule has 0 bridgehead atoms. The number of methoxy groups -OCH3 is 2. The first-order valence-corrected chi connectivity index (χ1v) is 10.1. The Hall–Kier alpha value is -3.61. The van der Waals surface area contributed by atoms with E-state index in [1.54, 1.807) is 26.4 Å². The van der Waals surface area contributed by atoms with Gasteiger partial charge in [0.05, 0.1) is 20.8 Å². The third kappa shape index (κ3) is 6.18. The summed E-state index contributed by atoms with van der Waals surface area (Å²) >= 11 is 0. The first-order valence-electron chi connectivity index (χ1n) is 10.1. The number of amides is 1. The van der Waals surface area contributed by atoms with Gasteiger partial charge in [0.2, 0.25) is 0 Å². The zero-order valence-electron chi connectivity index (χ0n) is 18.0. The molecule has 0 unspecified atom stereocenters. The number of ether oxygens (including phenoxy) is 4. The van der Waals surface area contributed by atoms with Gasteiger partial charge in [-0.05, 0) is 67.4 Å². The maximum Gasteiger partial charge on any atom is 0.287 e. The van der Waals surface area contributed by atoms with E-state index in [2.05, 4.69) is 5.32 Å². The zero-order chi connectivity index (χ0) is 22.1. The second kappa shape index (κ2) is 11.0. The van der Waals surface area contributed by atoms with Gasteiger partial charge in [0.15, 0.2) is 17.3 Å². The second-order valence-corrected chi connectivity index (χ2v) is 6.65. The first kappa shape index (κ1) is 22.1. The molecule has 7 nitrogen and oxygen atoms in total. The molecule has 0 aliphatic heterocycles. The Kier molecular flexibility index (Phi) is 7.81. The molecule has 0 atom stereocenters. The van der Waals surface area contributed by atoms with Crippen LogP contribution in [-0.4, -0.2) is 33.3 Å². The van der Waals surface area contributed by atoms with E-state index in [0.717, 1.165) is 11.3 Å². The molecule has 0 fully saturated rings. The molecule has 0 saturated carbocycles. The molecule has 164 valence electrons. The van der Waals surface area contributed by atoms with Gasteiger partial charge in [0.1, 0.15) is 23.9 Å². The molecule has 0 saturated heterocycles. The largest absolute Gasteiger partial charge is 0.494 e. The van der Waals surface area contributed by atoms with Crippen LogP contribution in [-0.2, 0) is 13.0 Å². The van der Waals surface area contributed by atoms with Crippen LogP contribution in [0, 0.1) is 0 Å². The molecular weight excluding hydrogens is 398 g/mol. The topological polar surface area (TPSA) is 79.2 Å². The summed E-state index contributed by atoms with van der Waals surface area (Å²) in [5.74, 6) is 3.37. The Bertz CT molecular complexity index is 980. The van der Waals surface area contributed by atoms with Crippen LogP contribution in [0.25, 0.3) is 0 Å². The summed E-state index contributed by atoms with van der Waals surface area (Å²) in [7, 11) is 3.19. The van der Waals surface area contributed by atoms with Crippen molar-refractivity contribution in [2.45, 2.75) is 20.0 Å². The molecule has 1 amide bonds. The molecule has 0 aliphatic carbocycles. The van der Waals surface area contributed by atoms with E-state index in [0.29, 0.717) is 42.6 Å². The smallest absolute Gasteiger partial charge is 0.287 e.